The molecule has 0 saturated carbocycles. The fourth-order valence-corrected chi connectivity index (χ4v) is 4.17. The Morgan fingerprint density at radius 1 is 1.12 bits per heavy atom. The number of nitrogens with zero attached hydrogens (tertiary/aromatic N) is 1. The third-order valence-electron chi connectivity index (χ3n) is 3.58. The van der Waals surface area contributed by atoms with E-state index in [2.05, 4.69) is 9.71 Å². The maximum absolute atomic E-state index is 12.3. The van der Waals surface area contributed by atoms with E-state index < -0.39 is 10.0 Å². The first-order chi connectivity index (χ1) is 11.5. The molecule has 0 spiro atoms. The molecule has 0 bridgehead atoms. The maximum Gasteiger partial charge on any atom is 0.216 e. The van der Waals surface area contributed by atoms with Crippen molar-refractivity contribution in [3.63, 3.8) is 0 Å². The third kappa shape index (κ3) is 4.50. The van der Waals surface area contributed by atoms with Crippen LogP contribution in [0.2, 0.25) is 0 Å². The number of hydrogen-bond donors (Lipinski definition) is 1. The summed E-state index contributed by atoms with van der Waals surface area (Å²) in [4.78, 5) is 4.33. The standard InChI is InChI=1S/C18H18N2O2S2/c1-14-3-2-4-16(9-14)13-24(21,22)20-11-15-5-7-19-18(10-15)17-6-8-23-12-17/h2-10,12,20H,11,13H2,1H3. The van der Waals surface area contributed by atoms with Crippen molar-refractivity contribution in [1.82, 2.24) is 9.71 Å². The van der Waals surface area contributed by atoms with Crippen molar-refractivity contribution >= 4 is 21.4 Å². The van der Waals surface area contributed by atoms with Crippen molar-refractivity contribution < 1.29 is 8.42 Å². The topological polar surface area (TPSA) is 59.1 Å². The molecule has 3 rings (SSSR count). The number of aryl methyl sites for hydroxylation is 1. The summed E-state index contributed by atoms with van der Waals surface area (Å²) in [5.74, 6) is -0.0167. The number of aromatic nitrogens is 1. The Hall–Kier alpha value is -2.02. The van der Waals surface area contributed by atoms with Gasteiger partial charge in [-0.3, -0.25) is 4.98 Å². The van der Waals surface area contributed by atoms with Crippen LogP contribution in [0.5, 0.6) is 0 Å². The number of thiophene rings is 1. The van der Waals surface area contributed by atoms with Gasteiger partial charge in [0.25, 0.3) is 0 Å². The number of hydrogen-bond acceptors (Lipinski definition) is 4. The monoisotopic (exact) mass is 358 g/mol. The summed E-state index contributed by atoms with van der Waals surface area (Å²) in [6.45, 7) is 2.21. The Labute approximate surface area is 146 Å². The summed E-state index contributed by atoms with van der Waals surface area (Å²) < 4.78 is 27.2. The Morgan fingerprint density at radius 3 is 2.75 bits per heavy atom. The normalized spacial score (nSPS) is 11.5. The molecule has 6 heteroatoms. The van der Waals surface area contributed by atoms with Crippen molar-refractivity contribution in [1.29, 1.82) is 0 Å². The number of rotatable bonds is 6. The SMILES string of the molecule is Cc1cccc(CS(=O)(=O)NCc2ccnc(-c3ccsc3)c2)c1. The van der Waals surface area contributed by atoms with Gasteiger partial charge in [-0.05, 0) is 41.6 Å². The summed E-state index contributed by atoms with van der Waals surface area (Å²) in [5, 5.41) is 4.02. The van der Waals surface area contributed by atoms with Gasteiger partial charge in [0, 0.05) is 23.7 Å². The predicted molar refractivity (Wildman–Crippen MR) is 98.2 cm³/mol. The summed E-state index contributed by atoms with van der Waals surface area (Å²) in [5.41, 5.74) is 4.63. The molecule has 2 heterocycles. The first kappa shape index (κ1) is 16.8. The van der Waals surface area contributed by atoms with E-state index >= 15 is 0 Å². The van der Waals surface area contributed by atoms with E-state index in [0.29, 0.717) is 0 Å². The number of sulfonamides is 1. The predicted octanol–water partition coefficient (Wildman–Crippen LogP) is 3.74. The summed E-state index contributed by atoms with van der Waals surface area (Å²) in [6.07, 6.45) is 1.71. The maximum atomic E-state index is 12.3. The summed E-state index contributed by atoms with van der Waals surface area (Å²) in [6, 6.07) is 13.3. The average Bonchev–Trinajstić information content (AvgIpc) is 3.07. The van der Waals surface area contributed by atoms with E-state index in [4.69, 9.17) is 0 Å². The second kappa shape index (κ2) is 7.25. The lowest BCUT2D eigenvalue weighted by molar-refractivity contribution is 0.580. The number of benzene rings is 1. The molecular formula is C18H18N2O2S2. The van der Waals surface area contributed by atoms with Crippen molar-refractivity contribution in [3.05, 3.63) is 76.1 Å². The molecule has 0 aliphatic carbocycles. The van der Waals surface area contributed by atoms with Gasteiger partial charge in [0.1, 0.15) is 0 Å². The number of nitrogens with one attached hydrogen (secondary N) is 1. The highest BCUT2D eigenvalue weighted by atomic mass is 32.2. The van der Waals surface area contributed by atoms with Crippen LogP contribution in [0.1, 0.15) is 16.7 Å². The highest BCUT2D eigenvalue weighted by Crippen LogP contribution is 2.20. The Morgan fingerprint density at radius 2 is 2.00 bits per heavy atom. The number of pyridine rings is 1. The van der Waals surface area contributed by atoms with Gasteiger partial charge in [-0.15, -0.1) is 0 Å². The minimum Gasteiger partial charge on any atom is -0.256 e. The molecule has 3 aromatic rings. The van der Waals surface area contributed by atoms with Gasteiger partial charge >= 0.3 is 0 Å². The third-order valence-corrected chi connectivity index (χ3v) is 5.56. The van der Waals surface area contributed by atoms with E-state index in [1.807, 2.05) is 60.1 Å². The van der Waals surface area contributed by atoms with Gasteiger partial charge in [-0.2, -0.15) is 11.3 Å². The van der Waals surface area contributed by atoms with Crippen molar-refractivity contribution in [3.8, 4) is 11.3 Å². The molecule has 0 fully saturated rings. The molecule has 0 unspecified atom stereocenters. The molecule has 1 N–H and O–H groups in total. The minimum absolute atomic E-state index is 0.0167. The van der Waals surface area contributed by atoms with Gasteiger partial charge < -0.3 is 0 Å². The zero-order valence-electron chi connectivity index (χ0n) is 13.3. The molecule has 24 heavy (non-hydrogen) atoms. The fourth-order valence-electron chi connectivity index (χ4n) is 2.42. The molecule has 0 radical (unpaired) electrons. The van der Waals surface area contributed by atoms with Crippen LogP contribution in [-0.2, 0) is 22.3 Å². The van der Waals surface area contributed by atoms with Gasteiger partial charge in [0.15, 0.2) is 0 Å². The molecule has 0 aliphatic rings. The van der Waals surface area contributed by atoms with Crippen LogP contribution in [0.25, 0.3) is 11.3 Å². The molecular weight excluding hydrogens is 340 g/mol. The molecule has 0 amide bonds. The van der Waals surface area contributed by atoms with Gasteiger partial charge in [0.05, 0.1) is 11.4 Å². The lowest BCUT2D eigenvalue weighted by Gasteiger charge is -2.08. The first-order valence-corrected chi connectivity index (χ1v) is 10.1. The second-order valence-corrected chi connectivity index (χ2v) is 8.22. The van der Waals surface area contributed by atoms with E-state index in [0.717, 1.165) is 27.9 Å². The van der Waals surface area contributed by atoms with Crippen LogP contribution in [0.15, 0.2) is 59.4 Å². The molecule has 124 valence electrons. The van der Waals surface area contributed by atoms with Crippen molar-refractivity contribution in [2.75, 3.05) is 0 Å². The van der Waals surface area contributed by atoms with Crippen LogP contribution in [0, 0.1) is 6.92 Å². The van der Waals surface area contributed by atoms with E-state index in [1.165, 1.54) is 0 Å². The molecule has 0 saturated heterocycles. The zero-order valence-corrected chi connectivity index (χ0v) is 14.9. The smallest absolute Gasteiger partial charge is 0.216 e. The Bertz CT molecular complexity index is 920. The highest BCUT2D eigenvalue weighted by Gasteiger charge is 2.12. The largest absolute Gasteiger partial charge is 0.256 e. The van der Waals surface area contributed by atoms with Crippen molar-refractivity contribution in [2.45, 2.75) is 19.2 Å². The first-order valence-electron chi connectivity index (χ1n) is 7.52. The minimum atomic E-state index is -3.38. The van der Waals surface area contributed by atoms with E-state index in [1.54, 1.807) is 17.5 Å². The molecule has 0 atom stereocenters. The van der Waals surface area contributed by atoms with E-state index in [-0.39, 0.29) is 12.3 Å². The molecule has 2 aromatic heterocycles. The molecule has 4 nitrogen and oxygen atoms in total. The zero-order chi connectivity index (χ0) is 17.0. The van der Waals surface area contributed by atoms with Crippen LogP contribution >= 0.6 is 11.3 Å². The average molecular weight is 358 g/mol. The van der Waals surface area contributed by atoms with Crippen LogP contribution in [-0.4, -0.2) is 13.4 Å². The summed E-state index contributed by atoms with van der Waals surface area (Å²) in [7, 11) is -3.38. The fraction of sp³-hybridized carbons (Fsp3) is 0.167. The van der Waals surface area contributed by atoms with Crippen LogP contribution in [0.3, 0.4) is 0 Å². The second-order valence-electron chi connectivity index (χ2n) is 5.63. The molecule has 1 aromatic carbocycles. The summed E-state index contributed by atoms with van der Waals surface area (Å²) >= 11 is 1.61. The lowest BCUT2D eigenvalue weighted by atomic mass is 10.1. The van der Waals surface area contributed by atoms with Gasteiger partial charge in [-0.25, -0.2) is 13.1 Å². The van der Waals surface area contributed by atoms with Gasteiger partial charge in [0.2, 0.25) is 10.0 Å². The molecule has 0 aliphatic heterocycles. The van der Waals surface area contributed by atoms with Gasteiger partial charge in [-0.1, -0.05) is 29.8 Å². The Balaban J connectivity index is 1.67. The van der Waals surface area contributed by atoms with Crippen LogP contribution in [0.4, 0.5) is 0 Å². The highest BCUT2D eigenvalue weighted by molar-refractivity contribution is 7.88. The quantitative estimate of drug-likeness (QED) is 0.730. The van der Waals surface area contributed by atoms with E-state index in [9.17, 15) is 8.42 Å². The Kier molecular flexibility index (Phi) is 5.08. The lowest BCUT2D eigenvalue weighted by Crippen LogP contribution is -2.24. The van der Waals surface area contributed by atoms with Crippen LogP contribution < -0.4 is 4.72 Å². The van der Waals surface area contributed by atoms with Crippen molar-refractivity contribution in [2.24, 2.45) is 0 Å².